The lowest BCUT2D eigenvalue weighted by molar-refractivity contribution is 0.411. The number of halogens is 1. The van der Waals surface area contributed by atoms with Crippen LogP contribution < -0.4 is 14.8 Å². The zero-order valence-electron chi connectivity index (χ0n) is 12.5. The third-order valence-electron chi connectivity index (χ3n) is 3.53. The second-order valence-corrected chi connectivity index (χ2v) is 5.64. The number of rotatable bonds is 6. The molecule has 0 spiro atoms. The number of nitrogens with one attached hydrogen (secondary N) is 1. The molecule has 0 aromatic heterocycles. The lowest BCUT2D eigenvalue weighted by Crippen LogP contribution is -2.18. The minimum absolute atomic E-state index is 0.251. The van der Waals surface area contributed by atoms with E-state index in [9.17, 15) is 0 Å². The molecular formula is C17H20BrNO2. The van der Waals surface area contributed by atoms with E-state index < -0.39 is 0 Å². The molecule has 2 rings (SSSR count). The van der Waals surface area contributed by atoms with Crippen molar-refractivity contribution in [3.63, 3.8) is 0 Å². The van der Waals surface area contributed by atoms with Crippen molar-refractivity contribution in [3.05, 3.63) is 58.1 Å². The van der Waals surface area contributed by atoms with E-state index in [4.69, 9.17) is 9.47 Å². The fraction of sp³-hybridized carbons (Fsp3) is 0.294. The Morgan fingerprint density at radius 2 is 1.76 bits per heavy atom. The number of hydrogen-bond acceptors (Lipinski definition) is 3. The molecule has 0 radical (unpaired) electrons. The maximum Gasteiger partial charge on any atom is 0.133 e. The van der Waals surface area contributed by atoms with Crippen LogP contribution in [-0.4, -0.2) is 21.3 Å². The first-order valence-corrected chi connectivity index (χ1v) is 7.61. The molecule has 1 atom stereocenters. The SMILES string of the molecule is CNC(Cc1ccc(OC)cc1)c1ccc(OC)c(Br)c1. The van der Waals surface area contributed by atoms with Gasteiger partial charge in [-0.1, -0.05) is 18.2 Å². The molecule has 21 heavy (non-hydrogen) atoms. The summed E-state index contributed by atoms with van der Waals surface area (Å²) in [6.07, 6.45) is 0.916. The molecule has 1 unspecified atom stereocenters. The third-order valence-corrected chi connectivity index (χ3v) is 4.15. The first-order valence-electron chi connectivity index (χ1n) is 6.81. The summed E-state index contributed by atoms with van der Waals surface area (Å²) in [5.41, 5.74) is 2.49. The van der Waals surface area contributed by atoms with Crippen molar-refractivity contribution in [2.75, 3.05) is 21.3 Å². The molecule has 2 aromatic rings. The number of hydrogen-bond donors (Lipinski definition) is 1. The van der Waals surface area contributed by atoms with Crippen LogP contribution >= 0.6 is 15.9 Å². The van der Waals surface area contributed by atoms with Gasteiger partial charge in [-0.15, -0.1) is 0 Å². The number of ether oxygens (including phenoxy) is 2. The van der Waals surface area contributed by atoms with Crippen molar-refractivity contribution >= 4 is 15.9 Å². The van der Waals surface area contributed by atoms with Gasteiger partial charge >= 0.3 is 0 Å². The predicted octanol–water partition coefficient (Wildman–Crippen LogP) is 3.97. The lowest BCUT2D eigenvalue weighted by Gasteiger charge is -2.18. The van der Waals surface area contributed by atoms with E-state index in [1.54, 1.807) is 14.2 Å². The highest BCUT2D eigenvalue weighted by Crippen LogP contribution is 2.29. The molecule has 112 valence electrons. The van der Waals surface area contributed by atoms with Crippen LogP contribution in [-0.2, 0) is 6.42 Å². The summed E-state index contributed by atoms with van der Waals surface area (Å²) in [6.45, 7) is 0. The number of likely N-dealkylation sites (N-methyl/N-ethyl adjacent to an activating group) is 1. The highest BCUT2D eigenvalue weighted by molar-refractivity contribution is 9.10. The highest BCUT2D eigenvalue weighted by atomic mass is 79.9. The van der Waals surface area contributed by atoms with Gasteiger partial charge in [0.25, 0.3) is 0 Å². The van der Waals surface area contributed by atoms with Crippen LogP contribution in [0.5, 0.6) is 11.5 Å². The molecule has 0 fully saturated rings. The Morgan fingerprint density at radius 3 is 2.29 bits per heavy atom. The largest absolute Gasteiger partial charge is 0.497 e. The Hall–Kier alpha value is -1.52. The van der Waals surface area contributed by atoms with E-state index in [1.807, 2.05) is 25.2 Å². The highest BCUT2D eigenvalue weighted by Gasteiger charge is 2.12. The van der Waals surface area contributed by atoms with Gasteiger partial charge in [-0.05, 0) is 64.8 Å². The predicted molar refractivity (Wildman–Crippen MR) is 89.2 cm³/mol. The van der Waals surface area contributed by atoms with Gasteiger partial charge in [0.1, 0.15) is 11.5 Å². The van der Waals surface area contributed by atoms with Gasteiger partial charge in [-0.25, -0.2) is 0 Å². The minimum atomic E-state index is 0.251. The number of methoxy groups -OCH3 is 2. The summed E-state index contributed by atoms with van der Waals surface area (Å²) in [7, 11) is 5.33. The van der Waals surface area contributed by atoms with Crippen molar-refractivity contribution in [2.45, 2.75) is 12.5 Å². The van der Waals surface area contributed by atoms with Crippen LogP contribution in [0.4, 0.5) is 0 Å². The van der Waals surface area contributed by atoms with Gasteiger partial charge in [0, 0.05) is 6.04 Å². The number of benzene rings is 2. The molecular weight excluding hydrogens is 330 g/mol. The second kappa shape index (κ2) is 7.48. The van der Waals surface area contributed by atoms with Crippen molar-refractivity contribution in [2.24, 2.45) is 0 Å². The van der Waals surface area contributed by atoms with Crippen LogP contribution in [0, 0.1) is 0 Å². The molecule has 0 heterocycles. The van der Waals surface area contributed by atoms with Crippen molar-refractivity contribution in [3.8, 4) is 11.5 Å². The van der Waals surface area contributed by atoms with Crippen molar-refractivity contribution < 1.29 is 9.47 Å². The lowest BCUT2D eigenvalue weighted by atomic mass is 9.99. The Morgan fingerprint density at radius 1 is 1.05 bits per heavy atom. The fourth-order valence-corrected chi connectivity index (χ4v) is 2.84. The van der Waals surface area contributed by atoms with Crippen LogP contribution in [0.2, 0.25) is 0 Å². The molecule has 0 aliphatic heterocycles. The molecule has 0 bridgehead atoms. The minimum Gasteiger partial charge on any atom is -0.497 e. The second-order valence-electron chi connectivity index (χ2n) is 4.79. The fourth-order valence-electron chi connectivity index (χ4n) is 2.28. The molecule has 3 nitrogen and oxygen atoms in total. The van der Waals surface area contributed by atoms with Crippen molar-refractivity contribution in [1.82, 2.24) is 5.32 Å². The molecule has 0 aliphatic rings. The monoisotopic (exact) mass is 349 g/mol. The first-order chi connectivity index (χ1) is 10.2. The van der Waals surface area contributed by atoms with Gasteiger partial charge in [-0.2, -0.15) is 0 Å². The van der Waals surface area contributed by atoms with Gasteiger partial charge in [0.15, 0.2) is 0 Å². The Balaban J connectivity index is 2.16. The van der Waals surface area contributed by atoms with E-state index >= 15 is 0 Å². The topological polar surface area (TPSA) is 30.5 Å². The van der Waals surface area contributed by atoms with Crippen LogP contribution in [0.15, 0.2) is 46.9 Å². The average Bonchev–Trinajstić information content (AvgIpc) is 2.53. The first kappa shape index (κ1) is 15.9. The maximum atomic E-state index is 5.28. The zero-order valence-corrected chi connectivity index (χ0v) is 14.1. The summed E-state index contributed by atoms with van der Waals surface area (Å²) in [4.78, 5) is 0. The summed E-state index contributed by atoms with van der Waals surface area (Å²) in [5, 5.41) is 3.37. The molecule has 0 saturated carbocycles. The molecule has 1 N–H and O–H groups in total. The van der Waals surface area contributed by atoms with Crippen LogP contribution in [0.3, 0.4) is 0 Å². The Bertz CT molecular complexity index is 584. The summed E-state index contributed by atoms with van der Waals surface area (Å²) in [5.74, 6) is 1.73. The van der Waals surface area contributed by atoms with Crippen LogP contribution in [0.1, 0.15) is 17.2 Å². The van der Waals surface area contributed by atoms with Gasteiger partial charge in [0.2, 0.25) is 0 Å². The van der Waals surface area contributed by atoms with Gasteiger partial charge in [0.05, 0.1) is 18.7 Å². The summed E-state index contributed by atoms with van der Waals surface area (Å²) < 4.78 is 11.4. The van der Waals surface area contributed by atoms with E-state index in [0.29, 0.717) is 0 Å². The smallest absolute Gasteiger partial charge is 0.133 e. The van der Waals surface area contributed by atoms with Crippen molar-refractivity contribution in [1.29, 1.82) is 0 Å². The van der Waals surface area contributed by atoms with Gasteiger partial charge in [-0.3, -0.25) is 0 Å². The molecule has 0 saturated heterocycles. The Labute approximate surface area is 134 Å². The molecule has 4 heteroatoms. The van der Waals surface area contributed by atoms with E-state index in [1.165, 1.54) is 11.1 Å². The molecule has 0 amide bonds. The van der Waals surface area contributed by atoms with E-state index in [0.717, 1.165) is 22.4 Å². The van der Waals surface area contributed by atoms with Gasteiger partial charge < -0.3 is 14.8 Å². The molecule has 2 aromatic carbocycles. The third kappa shape index (κ3) is 3.99. The normalized spacial score (nSPS) is 12.0. The summed E-state index contributed by atoms with van der Waals surface area (Å²) >= 11 is 3.54. The van der Waals surface area contributed by atoms with Crippen LogP contribution in [0.25, 0.3) is 0 Å². The Kier molecular flexibility index (Phi) is 5.65. The quantitative estimate of drug-likeness (QED) is 0.855. The van der Waals surface area contributed by atoms with E-state index in [-0.39, 0.29) is 6.04 Å². The van der Waals surface area contributed by atoms with E-state index in [2.05, 4.69) is 45.5 Å². The summed E-state index contributed by atoms with van der Waals surface area (Å²) in [6, 6.07) is 14.6. The maximum absolute atomic E-state index is 5.28. The zero-order chi connectivity index (χ0) is 15.2. The standard InChI is InChI=1S/C17H20BrNO2/c1-19-16(10-12-4-7-14(20-2)8-5-12)13-6-9-17(21-3)15(18)11-13/h4-9,11,16,19H,10H2,1-3H3. The molecule has 0 aliphatic carbocycles. The average molecular weight is 350 g/mol.